The molecule has 20 heavy (non-hydrogen) atoms. The van der Waals surface area contributed by atoms with Crippen LogP contribution in [0.3, 0.4) is 0 Å². The van der Waals surface area contributed by atoms with Crippen molar-refractivity contribution in [2.45, 2.75) is 33.2 Å². The first-order chi connectivity index (χ1) is 9.32. The summed E-state index contributed by atoms with van der Waals surface area (Å²) in [7, 11) is 0. The lowest BCUT2D eigenvalue weighted by Gasteiger charge is -2.25. The summed E-state index contributed by atoms with van der Waals surface area (Å²) in [5, 5.41) is 15.1. The quantitative estimate of drug-likeness (QED) is 0.756. The average molecular weight is 299 g/mol. The Morgan fingerprint density at radius 2 is 2.15 bits per heavy atom. The molecule has 0 saturated carbocycles. The fourth-order valence-corrected chi connectivity index (χ4v) is 2.11. The zero-order chi connectivity index (χ0) is 15.2. The van der Waals surface area contributed by atoms with Gasteiger partial charge in [-0.25, -0.2) is 4.79 Å². The summed E-state index contributed by atoms with van der Waals surface area (Å²) in [4.78, 5) is 11.6. The van der Waals surface area contributed by atoms with Crippen molar-refractivity contribution in [2.24, 2.45) is 5.41 Å². The maximum absolute atomic E-state index is 11.6. The number of aliphatic hydroxyl groups excluding tert-OH is 1. The van der Waals surface area contributed by atoms with E-state index in [1.807, 2.05) is 24.3 Å². The summed E-state index contributed by atoms with van der Waals surface area (Å²) in [5.41, 5.74) is 1.07. The Morgan fingerprint density at radius 1 is 1.45 bits per heavy atom. The minimum Gasteiger partial charge on any atom is -0.394 e. The maximum Gasteiger partial charge on any atom is 0.315 e. The Balaban J connectivity index is 2.47. The van der Waals surface area contributed by atoms with E-state index in [1.54, 1.807) is 6.92 Å². The van der Waals surface area contributed by atoms with Crippen molar-refractivity contribution in [3.8, 4) is 0 Å². The van der Waals surface area contributed by atoms with Crippen molar-refractivity contribution < 1.29 is 9.90 Å². The number of nitrogens with one attached hydrogen (secondary N) is 2. The molecule has 0 heterocycles. The second-order valence-corrected chi connectivity index (χ2v) is 6.32. The van der Waals surface area contributed by atoms with Gasteiger partial charge in [-0.15, -0.1) is 0 Å². The molecule has 0 saturated heterocycles. The van der Waals surface area contributed by atoms with E-state index in [-0.39, 0.29) is 24.1 Å². The van der Waals surface area contributed by atoms with Gasteiger partial charge in [-0.2, -0.15) is 0 Å². The second-order valence-electron chi connectivity index (χ2n) is 5.88. The van der Waals surface area contributed by atoms with Gasteiger partial charge in [-0.3, -0.25) is 0 Å². The fraction of sp³-hybridized carbons (Fsp3) is 0.533. The molecule has 5 heteroatoms. The highest BCUT2D eigenvalue weighted by Crippen LogP contribution is 2.22. The van der Waals surface area contributed by atoms with E-state index in [4.69, 9.17) is 16.7 Å². The first kappa shape index (κ1) is 16.8. The third-order valence-corrected chi connectivity index (χ3v) is 3.19. The topological polar surface area (TPSA) is 61.4 Å². The third-order valence-electron chi connectivity index (χ3n) is 2.95. The number of rotatable bonds is 6. The summed E-state index contributed by atoms with van der Waals surface area (Å²) in [6.45, 7) is 6.40. The van der Waals surface area contributed by atoms with Crippen molar-refractivity contribution in [2.75, 3.05) is 13.2 Å². The molecule has 1 aromatic rings. The molecule has 1 aromatic carbocycles. The molecule has 0 aliphatic heterocycles. The molecule has 0 aliphatic carbocycles. The van der Waals surface area contributed by atoms with Crippen molar-refractivity contribution in [3.63, 3.8) is 0 Å². The summed E-state index contributed by atoms with van der Waals surface area (Å²) >= 11 is 5.97. The van der Waals surface area contributed by atoms with E-state index >= 15 is 0 Å². The van der Waals surface area contributed by atoms with E-state index in [2.05, 4.69) is 24.5 Å². The summed E-state index contributed by atoms with van der Waals surface area (Å²) < 4.78 is 0. The molecule has 1 atom stereocenters. The monoisotopic (exact) mass is 298 g/mol. The number of carbonyl (C=O) groups is 1. The number of amides is 2. The molecule has 0 spiro atoms. The van der Waals surface area contributed by atoms with Gasteiger partial charge in [-0.05, 0) is 36.5 Å². The number of benzene rings is 1. The molecule has 0 aromatic heterocycles. The fourth-order valence-electron chi connectivity index (χ4n) is 1.90. The van der Waals surface area contributed by atoms with Crippen LogP contribution >= 0.6 is 11.6 Å². The Hall–Kier alpha value is -1.26. The van der Waals surface area contributed by atoms with Gasteiger partial charge in [0.1, 0.15) is 0 Å². The van der Waals surface area contributed by atoms with Crippen molar-refractivity contribution >= 4 is 17.6 Å². The lowest BCUT2D eigenvalue weighted by molar-refractivity contribution is 0.215. The van der Waals surface area contributed by atoms with Crippen molar-refractivity contribution in [3.05, 3.63) is 34.9 Å². The van der Waals surface area contributed by atoms with E-state index < -0.39 is 0 Å². The van der Waals surface area contributed by atoms with Crippen LogP contribution in [-0.2, 0) is 6.42 Å². The largest absolute Gasteiger partial charge is 0.394 e. The molecular formula is C15H23ClN2O2. The predicted octanol–water partition coefficient (Wildman–Crippen LogP) is 2.59. The first-order valence-corrected chi connectivity index (χ1v) is 7.10. The minimum absolute atomic E-state index is 0.0701. The zero-order valence-corrected chi connectivity index (χ0v) is 13.0. The van der Waals surface area contributed by atoms with Gasteiger partial charge in [0.25, 0.3) is 0 Å². The second kappa shape index (κ2) is 7.50. The number of urea groups is 1. The average Bonchev–Trinajstić information content (AvgIpc) is 2.36. The van der Waals surface area contributed by atoms with E-state index in [1.165, 1.54) is 0 Å². The molecule has 4 nitrogen and oxygen atoms in total. The first-order valence-electron chi connectivity index (χ1n) is 6.72. The van der Waals surface area contributed by atoms with Gasteiger partial charge in [0.15, 0.2) is 0 Å². The Bertz CT molecular complexity index is 449. The smallest absolute Gasteiger partial charge is 0.315 e. The SMILES string of the molecule is CC(CO)NC(=O)NCC(C)(C)Cc1cccc(Cl)c1. The number of hydrogen-bond acceptors (Lipinski definition) is 2. The minimum atomic E-state index is -0.259. The number of carbonyl (C=O) groups excluding carboxylic acids is 1. The van der Waals surface area contributed by atoms with Crippen molar-refractivity contribution in [1.82, 2.24) is 10.6 Å². The normalized spacial score (nSPS) is 12.8. The van der Waals surface area contributed by atoms with Crippen LogP contribution < -0.4 is 10.6 Å². The van der Waals surface area contributed by atoms with Gasteiger partial charge >= 0.3 is 6.03 Å². The van der Waals surface area contributed by atoms with Crippen LogP contribution in [-0.4, -0.2) is 30.3 Å². The highest BCUT2D eigenvalue weighted by atomic mass is 35.5. The number of halogens is 1. The Kier molecular flexibility index (Phi) is 6.30. The lowest BCUT2D eigenvalue weighted by atomic mass is 9.86. The van der Waals surface area contributed by atoms with Gasteiger partial charge in [0.2, 0.25) is 0 Å². The summed E-state index contributed by atoms with van der Waals surface area (Å²) in [6.07, 6.45) is 0.823. The van der Waals surface area contributed by atoms with Crippen LogP contribution in [0.15, 0.2) is 24.3 Å². The highest BCUT2D eigenvalue weighted by molar-refractivity contribution is 6.30. The molecule has 0 fully saturated rings. The van der Waals surface area contributed by atoms with Crippen LogP contribution in [0.2, 0.25) is 5.02 Å². The molecule has 1 unspecified atom stereocenters. The van der Waals surface area contributed by atoms with Gasteiger partial charge < -0.3 is 15.7 Å². The maximum atomic E-state index is 11.6. The zero-order valence-electron chi connectivity index (χ0n) is 12.2. The molecule has 0 radical (unpaired) electrons. The molecule has 1 rings (SSSR count). The van der Waals surface area contributed by atoms with Crippen LogP contribution in [0.25, 0.3) is 0 Å². The van der Waals surface area contributed by atoms with Crippen LogP contribution in [0.5, 0.6) is 0 Å². The van der Waals surface area contributed by atoms with Crippen LogP contribution in [0, 0.1) is 5.41 Å². The van der Waals surface area contributed by atoms with Crippen molar-refractivity contribution in [1.29, 1.82) is 0 Å². The number of hydrogen-bond donors (Lipinski definition) is 3. The molecule has 3 N–H and O–H groups in total. The van der Waals surface area contributed by atoms with Gasteiger partial charge in [-0.1, -0.05) is 37.6 Å². The molecule has 112 valence electrons. The number of aliphatic hydroxyl groups is 1. The van der Waals surface area contributed by atoms with Gasteiger partial charge in [0.05, 0.1) is 12.6 Å². The molecular weight excluding hydrogens is 276 g/mol. The third kappa shape index (κ3) is 6.26. The van der Waals surface area contributed by atoms with Crippen LogP contribution in [0.1, 0.15) is 26.3 Å². The Labute approximate surface area is 125 Å². The summed E-state index contributed by atoms with van der Waals surface area (Å²) in [6, 6.07) is 7.24. The standard InChI is InChI=1S/C15H23ClN2O2/c1-11(9-19)18-14(20)17-10-15(2,3)8-12-5-4-6-13(16)7-12/h4-7,11,19H,8-10H2,1-3H3,(H2,17,18,20). The molecule has 0 aliphatic rings. The molecule has 2 amide bonds. The van der Waals surface area contributed by atoms with E-state index in [0.29, 0.717) is 6.54 Å². The van der Waals surface area contributed by atoms with E-state index in [9.17, 15) is 4.79 Å². The summed E-state index contributed by atoms with van der Waals surface area (Å²) in [5.74, 6) is 0. The predicted molar refractivity (Wildman–Crippen MR) is 82.0 cm³/mol. The van der Waals surface area contributed by atoms with E-state index in [0.717, 1.165) is 17.0 Å². The van der Waals surface area contributed by atoms with Gasteiger partial charge in [0, 0.05) is 11.6 Å². The molecule has 0 bridgehead atoms. The lowest BCUT2D eigenvalue weighted by Crippen LogP contribution is -2.45. The Morgan fingerprint density at radius 3 is 2.75 bits per heavy atom. The highest BCUT2D eigenvalue weighted by Gasteiger charge is 2.20. The van der Waals surface area contributed by atoms with Crippen LogP contribution in [0.4, 0.5) is 4.79 Å².